The Morgan fingerprint density at radius 1 is 1.62 bits per heavy atom. The molecule has 0 aliphatic carbocycles. The number of oxime groups is 1. The first-order valence-electron chi connectivity index (χ1n) is 5.06. The summed E-state index contributed by atoms with van der Waals surface area (Å²) in [6, 6.07) is 7.64. The minimum atomic E-state index is 0.00387. The summed E-state index contributed by atoms with van der Waals surface area (Å²) in [7, 11) is 0. The highest BCUT2D eigenvalue weighted by Gasteiger charge is 2.06. The van der Waals surface area contributed by atoms with E-state index >= 15 is 0 Å². The van der Waals surface area contributed by atoms with Gasteiger partial charge >= 0.3 is 0 Å². The lowest BCUT2D eigenvalue weighted by Crippen LogP contribution is -2.31. The van der Waals surface area contributed by atoms with E-state index in [1.807, 2.05) is 31.2 Å². The number of benzene rings is 1. The molecule has 88 valence electrons. The molecule has 4 N–H and O–H groups in total. The molecule has 1 unspecified atom stereocenters. The van der Waals surface area contributed by atoms with Crippen molar-refractivity contribution < 1.29 is 5.21 Å². The van der Waals surface area contributed by atoms with Crippen LogP contribution in [-0.4, -0.2) is 17.6 Å². The van der Waals surface area contributed by atoms with Crippen LogP contribution < -0.4 is 11.1 Å². The second-order valence-electron chi connectivity index (χ2n) is 3.69. The molecule has 0 fully saturated rings. The minimum Gasteiger partial charge on any atom is -0.409 e. The summed E-state index contributed by atoms with van der Waals surface area (Å²) in [5, 5.41) is 15.4. The summed E-state index contributed by atoms with van der Waals surface area (Å²) in [5.41, 5.74) is 6.57. The Morgan fingerprint density at radius 3 is 3.00 bits per heavy atom. The number of halogens is 1. The predicted molar refractivity (Wildman–Crippen MR) is 65.7 cm³/mol. The first kappa shape index (κ1) is 12.8. The standard InChI is InChI=1S/C11H16ClN3O/c1-8(11(13)15-16)6-14-7-9-3-2-4-10(12)5-9/h2-5,8,14,16H,6-7H2,1H3,(H2,13,15). The van der Waals surface area contributed by atoms with Gasteiger partial charge in [0.1, 0.15) is 5.84 Å². The molecule has 0 radical (unpaired) electrons. The molecule has 0 aromatic heterocycles. The first-order chi connectivity index (χ1) is 7.63. The van der Waals surface area contributed by atoms with Crippen LogP contribution in [0.4, 0.5) is 0 Å². The summed E-state index contributed by atoms with van der Waals surface area (Å²) in [6.07, 6.45) is 0. The minimum absolute atomic E-state index is 0.00387. The molecule has 0 aliphatic rings. The molecule has 1 atom stereocenters. The van der Waals surface area contributed by atoms with Crippen LogP contribution in [0, 0.1) is 5.92 Å². The van der Waals surface area contributed by atoms with E-state index in [1.54, 1.807) is 0 Å². The highest BCUT2D eigenvalue weighted by Crippen LogP contribution is 2.10. The summed E-state index contributed by atoms with van der Waals surface area (Å²) in [4.78, 5) is 0. The molecule has 0 heterocycles. The average Bonchev–Trinajstić information content (AvgIpc) is 2.28. The zero-order chi connectivity index (χ0) is 12.0. The van der Waals surface area contributed by atoms with Crippen molar-refractivity contribution in [2.45, 2.75) is 13.5 Å². The summed E-state index contributed by atoms with van der Waals surface area (Å²) >= 11 is 5.86. The van der Waals surface area contributed by atoms with Crippen molar-refractivity contribution in [3.8, 4) is 0 Å². The highest BCUT2D eigenvalue weighted by atomic mass is 35.5. The number of amidine groups is 1. The van der Waals surface area contributed by atoms with E-state index in [0.717, 1.165) is 10.6 Å². The smallest absolute Gasteiger partial charge is 0.143 e. The zero-order valence-electron chi connectivity index (χ0n) is 9.15. The van der Waals surface area contributed by atoms with Crippen LogP contribution >= 0.6 is 11.6 Å². The van der Waals surface area contributed by atoms with Gasteiger partial charge in [-0.2, -0.15) is 0 Å². The molecule has 0 saturated heterocycles. The van der Waals surface area contributed by atoms with Crippen molar-refractivity contribution in [3.63, 3.8) is 0 Å². The van der Waals surface area contributed by atoms with E-state index in [4.69, 9.17) is 22.5 Å². The van der Waals surface area contributed by atoms with Crippen LogP contribution in [0.3, 0.4) is 0 Å². The van der Waals surface area contributed by atoms with Crippen LogP contribution in [0.25, 0.3) is 0 Å². The van der Waals surface area contributed by atoms with Gasteiger partial charge in [0.25, 0.3) is 0 Å². The number of hydrogen-bond donors (Lipinski definition) is 3. The number of rotatable bonds is 5. The molecule has 0 amide bonds. The van der Waals surface area contributed by atoms with Gasteiger partial charge in [-0.05, 0) is 17.7 Å². The molecule has 1 aromatic carbocycles. The predicted octanol–water partition coefficient (Wildman–Crippen LogP) is 1.81. The maximum absolute atomic E-state index is 8.48. The number of nitrogens with one attached hydrogen (secondary N) is 1. The zero-order valence-corrected chi connectivity index (χ0v) is 9.91. The van der Waals surface area contributed by atoms with E-state index < -0.39 is 0 Å². The van der Waals surface area contributed by atoms with Crippen LogP contribution in [0.2, 0.25) is 5.02 Å². The number of nitrogens with two attached hydrogens (primary N) is 1. The third kappa shape index (κ3) is 4.08. The van der Waals surface area contributed by atoms with Gasteiger partial charge in [0.2, 0.25) is 0 Å². The summed E-state index contributed by atoms with van der Waals surface area (Å²) < 4.78 is 0. The van der Waals surface area contributed by atoms with Crippen LogP contribution in [-0.2, 0) is 6.54 Å². The van der Waals surface area contributed by atoms with E-state index in [2.05, 4.69) is 10.5 Å². The molecular weight excluding hydrogens is 226 g/mol. The molecule has 4 nitrogen and oxygen atoms in total. The van der Waals surface area contributed by atoms with Crippen molar-refractivity contribution in [2.24, 2.45) is 16.8 Å². The van der Waals surface area contributed by atoms with E-state index in [0.29, 0.717) is 13.1 Å². The first-order valence-corrected chi connectivity index (χ1v) is 5.44. The lowest BCUT2D eigenvalue weighted by Gasteiger charge is -2.10. The Kier molecular flexibility index (Phi) is 5.08. The van der Waals surface area contributed by atoms with Crippen LogP contribution in [0.5, 0.6) is 0 Å². The van der Waals surface area contributed by atoms with Gasteiger partial charge in [0.05, 0.1) is 0 Å². The van der Waals surface area contributed by atoms with Crippen LogP contribution in [0.15, 0.2) is 29.4 Å². The van der Waals surface area contributed by atoms with Crippen molar-refractivity contribution in [1.29, 1.82) is 0 Å². The average molecular weight is 242 g/mol. The summed E-state index contributed by atoms with van der Waals surface area (Å²) in [6.45, 7) is 3.26. The molecule has 0 saturated carbocycles. The topological polar surface area (TPSA) is 70.6 Å². The fourth-order valence-corrected chi connectivity index (χ4v) is 1.50. The lowest BCUT2D eigenvalue weighted by molar-refractivity contribution is 0.314. The van der Waals surface area contributed by atoms with Gasteiger partial charge in [0, 0.05) is 24.0 Å². The van der Waals surface area contributed by atoms with E-state index in [-0.39, 0.29) is 11.8 Å². The lowest BCUT2D eigenvalue weighted by atomic mass is 10.1. The van der Waals surface area contributed by atoms with Gasteiger partial charge < -0.3 is 16.3 Å². The Hall–Kier alpha value is -1.26. The van der Waals surface area contributed by atoms with Gasteiger partial charge in [0.15, 0.2) is 0 Å². The Bertz CT molecular complexity index is 368. The fourth-order valence-electron chi connectivity index (χ4n) is 1.28. The fraction of sp³-hybridized carbons (Fsp3) is 0.364. The largest absolute Gasteiger partial charge is 0.409 e. The maximum Gasteiger partial charge on any atom is 0.143 e. The second-order valence-corrected chi connectivity index (χ2v) is 4.12. The van der Waals surface area contributed by atoms with E-state index in [9.17, 15) is 0 Å². The molecule has 0 bridgehead atoms. The quantitative estimate of drug-likeness (QED) is 0.319. The molecule has 0 aliphatic heterocycles. The van der Waals surface area contributed by atoms with Gasteiger partial charge in [-0.3, -0.25) is 0 Å². The molecule has 0 spiro atoms. The molecular formula is C11H16ClN3O. The van der Waals surface area contributed by atoms with Crippen molar-refractivity contribution in [3.05, 3.63) is 34.9 Å². The third-order valence-corrected chi connectivity index (χ3v) is 2.52. The molecule has 5 heteroatoms. The van der Waals surface area contributed by atoms with Crippen LogP contribution in [0.1, 0.15) is 12.5 Å². The Labute approximate surface area is 100 Å². The summed E-state index contributed by atoms with van der Waals surface area (Å²) in [5.74, 6) is 0.239. The normalized spacial score (nSPS) is 13.8. The monoisotopic (exact) mass is 241 g/mol. The van der Waals surface area contributed by atoms with Crippen molar-refractivity contribution >= 4 is 17.4 Å². The number of nitrogens with zero attached hydrogens (tertiary/aromatic N) is 1. The van der Waals surface area contributed by atoms with Crippen molar-refractivity contribution in [2.75, 3.05) is 6.54 Å². The third-order valence-electron chi connectivity index (χ3n) is 2.29. The van der Waals surface area contributed by atoms with Gasteiger partial charge in [-0.1, -0.05) is 35.8 Å². The Morgan fingerprint density at radius 2 is 2.38 bits per heavy atom. The SMILES string of the molecule is CC(CNCc1cccc(Cl)c1)C(N)=NO. The Balaban J connectivity index is 2.36. The van der Waals surface area contributed by atoms with E-state index in [1.165, 1.54) is 0 Å². The number of hydrogen-bond acceptors (Lipinski definition) is 3. The molecule has 1 aromatic rings. The molecule has 16 heavy (non-hydrogen) atoms. The van der Waals surface area contributed by atoms with Crippen molar-refractivity contribution in [1.82, 2.24) is 5.32 Å². The maximum atomic E-state index is 8.48. The van der Waals surface area contributed by atoms with Gasteiger partial charge in [-0.25, -0.2) is 0 Å². The second kappa shape index (κ2) is 6.35. The molecule has 1 rings (SSSR count). The highest BCUT2D eigenvalue weighted by molar-refractivity contribution is 6.30. The van der Waals surface area contributed by atoms with Gasteiger partial charge in [-0.15, -0.1) is 0 Å².